The molecule has 0 aliphatic carbocycles. The predicted octanol–water partition coefficient (Wildman–Crippen LogP) is 4.40. The van der Waals surface area contributed by atoms with E-state index < -0.39 is 0 Å². The molecule has 1 atom stereocenters. The smallest absolute Gasteiger partial charge is 0.226 e. The van der Waals surface area contributed by atoms with Gasteiger partial charge in [-0.15, -0.1) is 11.3 Å². The van der Waals surface area contributed by atoms with Crippen molar-refractivity contribution in [3.05, 3.63) is 52.7 Å². The van der Waals surface area contributed by atoms with Crippen LogP contribution in [0, 0.1) is 5.92 Å². The second-order valence-electron chi connectivity index (χ2n) is 6.52. The molecule has 24 heavy (non-hydrogen) atoms. The molecule has 4 heteroatoms. The third kappa shape index (κ3) is 4.46. The van der Waals surface area contributed by atoms with Gasteiger partial charge in [0.1, 0.15) is 0 Å². The minimum atomic E-state index is 0.219. The van der Waals surface area contributed by atoms with Crippen molar-refractivity contribution in [2.75, 3.05) is 24.5 Å². The zero-order valence-corrected chi connectivity index (χ0v) is 15.2. The molecule has 1 aromatic heterocycles. The molecule has 128 valence electrons. The van der Waals surface area contributed by atoms with E-state index >= 15 is 0 Å². The average Bonchev–Trinajstić information content (AvgIpc) is 3.13. The summed E-state index contributed by atoms with van der Waals surface area (Å²) < 4.78 is 0. The highest BCUT2D eigenvalue weighted by Gasteiger charge is 2.24. The van der Waals surface area contributed by atoms with Gasteiger partial charge >= 0.3 is 0 Å². The Kier molecular flexibility index (Phi) is 6.05. The monoisotopic (exact) mass is 342 g/mol. The van der Waals surface area contributed by atoms with Gasteiger partial charge in [-0.25, -0.2) is 0 Å². The molecule has 2 aromatic rings. The molecular formula is C20H26N2OS. The van der Waals surface area contributed by atoms with Crippen LogP contribution in [0.3, 0.4) is 0 Å². The number of carbonyl (C=O) groups is 1. The fraction of sp³-hybridized carbons (Fsp3) is 0.450. The molecule has 0 N–H and O–H groups in total. The lowest BCUT2D eigenvalue weighted by atomic mass is 9.97. The van der Waals surface area contributed by atoms with Crippen LogP contribution in [0.4, 0.5) is 5.69 Å². The van der Waals surface area contributed by atoms with Crippen LogP contribution in [-0.4, -0.2) is 30.4 Å². The molecule has 1 amide bonds. The van der Waals surface area contributed by atoms with Gasteiger partial charge in [0.05, 0.1) is 0 Å². The number of thiophene rings is 1. The van der Waals surface area contributed by atoms with E-state index in [1.54, 1.807) is 0 Å². The molecular weight excluding hydrogens is 316 g/mol. The molecule has 0 bridgehead atoms. The number of benzene rings is 1. The summed E-state index contributed by atoms with van der Waals surface area (Å²) in [5, 5.41) is 2.15. The average molecular weight is 343 g/mol. The Morgan fingerprint density at radius 3 is 2.79 bits per heavy atom. The Morgan fingerprint density at radius 1 is 1.25 bits per heavy atom. The zero-order chi connectivity index (χ0) is 16.8. The highest BCUT2D eigenvalue weighted by molar-refractivity contribution is 7.09. The summed E-state index contributed by atoms with van der Waals surface area (Å²) >= 11 is 1.83. The standard InChI is InChI=1S/C20H26N2OS/c1-2-20(23)22(18-9-4-3-5-10-18)15-17-8-6-12-21(14-17)16-19-11-7-13-24-19/h3-5,7,9-11,13,17H,2,6,8,12,14-16H2,1H3. The number of carbonyl (C=O) groups excluding carboxylic acids is 1. The number of piperidine rings is 1. The minimum absolute atomic E-state index is 0.219. The van der Waals surface area contributed by atoms with E-state index in [-0.39, 0.29) is 5.91 Å². The van der Waals surface area contributed by atoms with Gasteiger partial charge in [0.15, 0.2) is 0 Å². The van der Waals surface area contributed by atoms with Crippen molar-refractivity contribution in [3.8, 4) is 0 Å². The summed E-state index contributed by atoms with van der Waals surface area (Å²) in [6, 6.07) is 14.4. The Morgan fingerprint density at radius 2 is 2.08 bits per heavy atom. The number of hydrogen-bond acceptors (Lipinski definition) is 3. The molecule has 0 radical (unpaired) electrons. The molecule has 1 aliphatic heterocycles. The van der Waals surface area contributed by atoms with Crippen molar-refractivity contribution in [2.24, 2.45) is 5.92 Å². The van der Waals surface area contributed by atoms with Crippen LogP contribution < -0.4 is 4.90 Å². The van der Waals surface area contributed by atoms with Crippen LogP contribution in [0.5, 0.6) is 0 Å². The lowest BCUT2D eigenvalue weighted by Crippen LogP contribution is -2.42. The number of nitrogens with zero attached hydrogens (tertiary/aromatic N) is 2. The number of hydrogen-bond donors (Lipinski definition) is 0. The van der Waals surface area contributed by atoms with Crippen LogP contribution in [0.2, 0.25) is 0 Å². The quantitative estimate of drug-likeness (QED) is 0.776. The highest BCUT2D eigenvalue weighted by atomic mass is 32.1. The largest absolute Gasteiger partial charge is 0.312 e. The van der Waals surface area contributed by atoms with Gasteiger partial charge in [0, 0.05) is 36.6 Å². The first-order chi connectivity index (χ1) is 11.8. The highest BCUT2D eigenvalue weighted by Crippen LogP contribution is 2.24. The van der Waals surface area contributed by atoms with Crippen LogP contribution in [-0.2, 0) is 11.3 Å². The number of para-hydroxylation sites is 1. The second-order valence-corrected chi connectivity index (χ2v) is 7.55. The van der Waals surface area contributed by atoms with Gasteiger partial charge in [-0.2, -0.15) is 0 Å². The van der Waals surface area contributed by atoms with E-state index in [1.807, 2.05) is 53.5 Å². The van der Waals surface area contributed by atoms with Crippen LogP contribution in [0.1, 0.15) is 31.1 Å². The summed E-state index contributed by atoms with van der Waals surface area (Å²) in [5.74, 6) is 0.769. The maximum Gasteiger partial charge on any atom is 0.226 e. The Balaban J connectivity index is 1.64. The summed E-state index contributed by atoms with van der Waals surface area (Å²) in [5.41, 5.74) is 1.03. The lowest BCUT2D eigenvalue weighted by molar-refractivity contribution is -0.118. The van der Waals surface area contributed by atoms with E-state index in [1.165, 1.54) is 24.3 Å². The van der Waals surface area contributed by atoms with Crippen molar-refractivity contribution >= 4 is 22.9 Å². The molecule has 1 unspecified atom stereocenters. The first-order valence-electron chi connectivity index (χ1n) is 8.86. The molecule has 1 fully saturated rings. The van der Waals surface area contributed by atoms with E-state index in [0.717, 1.165) is 25.3 Å². The van der Waals surface area contributed by atoms with Crippen LogP contribution in [0.25, 0.3) is 0 Å². The third-order valence-electron chi connectivity index (χ3n) is 4.67. The number of anilines is 1. The van der Waals surface area contributed by atoms with Crippen molar-refractivity contribution in [1.82, 2.24) is 4.90 Å². The number of rotatable bonds is 6. The molecule has 3 rings (SSSR count). The fourth-order valence-corrected chi connectivity index (χ4v) is 4.22. The normalized spacial score (nSPS) is 18.5. The van der Waals surface area contributed by atoms with Gasteiger partial charge < -0.3 is 4.90 Å². The van der Waals surface area contributed by atoms with Gasteiger partial charge in [-0.1, -0.05) is 31.2 Å². The molecule has 2 heterocycles. The van der Waals surface area contributed by atoms with Crippen LogP contribution in [0.15, 0.2) is 47.8 Å². The van der Waals surface area contributed by atoms with Gasteiger partial charge in [-0.05, 0) is 48.9 Å². The van der Waals surface area contributed by atoms with E-state index in [9.17, 15) is 4.79 Å². The summed E-state index contributed by atoms with van der Waals surface area (Å²) in [4.78, 5) is 18.4. The topological polar surface area (TPSA) is 23.6 Å². The van der Waals surface area contributed by atoms with Crippen molar-refractivity contribution in [1.29, 1.82) is 0 Å². The number of amides is 1. The van der Waals surface area contributed by atoms with E-state index in [0.29, 0.717) is 12.3 Å². The van der Waals surface area contributed by atoms with Crippen molar-refractivity contribution in [2.45, 2.75) is 32.7 Å². The molecule has 1 saturated heterocycles. The maximum atomic E-state index is 12.4. The first-order valence-corrected chi connectivity index (χ1v) is 9.74. The minimum Gasteiger partial charge on any atom is -0.312 e. The van der Waals surface area contributed by atoms with E-state index in [2.05, 4.69) is 22.4 Å². The lowest BCUT2D eigenvalue weighted by Gasteiger charge is -2.35. The molecule has 1 aliphatic rings. The van der Waals surface area contributed by atoms with Gasteiger partial charge in [-0.3, -0.25) is 9.69 Å². The fourth-order valence-electron chi connectivity index (χ4n) is 3.48. The second kappa shape index (κ2) is 8.45. The Hall–Kier alpha value is -1.65. The third-order valence-corrected chi connectivity index (χ3v) is 5.54. The summed E-state index contributed by atoms with van der Waals surface area (Å²) in [6.45, 7) is 6.07. The van der Waals surface area contributed by atoms with Crippen molar-refractivity contribution < 1.29 is 4.79 Å². The maximum absolute atomic E-state index is 12.4. The molecule has 0 saturated carbocycles. The van der Waals surface area contributed by atoms with Crippen molar-refractivity contribution in [3.63, 3.8) is 0 Å². The SMILES string of the molecule is CCC(=O)N(CC1CCCN(Cc2cccs2)C1)c1ccccc1. The van der Waals surface area contributed by atoms with Gasteiger partial charge in [0.2, 0.25) is 5.91 Å². The molecule has 0 spiro atoms. The zero-order valence-electron chi connectivity index (χ0n) is 14.4. The van der Waals surface area contributed by atoms with Crippen LogP contribution >= 0.6 is 11.3 Å². The summed E-state index contributed by atoms with van der Waals surface area (Å²) in [7, 11) is 0. The molecule has 1 aromatic carbocycles. The number of likely N-dealkylation sites (tertiary alicyclic amines) is 1. The first kappa shape index (κ1) is 17.2. The predicted molar refractivity (Wildman–Crippen MR) is 101 cm³/mol. The Labute approximate surface area is 148 Å². The summed E-state index contributed by atoms with van der Waals surface area (Å²) in [6.07, 6.45) is 2.99. The van der Waals surface area contributed by atoms with E-state index in [4.69, 9.17) is 0 Å². The van der Waals surface area contributed by atoms with Gasteiger partial charge in [0.25, 0.3) is 0 Å². The Bertz CT molecular complexity index is 626. The molecule has 3 nitrogen and oxygen atoms in total.